The third kappa shape index (κ3) is 4.93. The lowest BCUT2D eigenvalue weighted by Crippen LogP contribution is -2.42. The summed E-state index contributed by atoms with van der Waals surface area (Å²) in [6.45, 7) is 1.68. The zero-order chi connectivity index (χ0) is 18.4. The smallest absolute Gasteiger partial charge is 0.305 e. The number of carbonyl (C=O) groups excluding carboxylic acids is 3. The molecule has 3 amide bonds. The summed E-state index contributed by atoms with van der Waals surface area (Å²) in [6.07, 6.45) is 1.42. The Labute approximate surface area is 149 Å². The number of aliphatic carboxylic acids is 1. The molecule has 1 aliphatic heterocycles. The lowest BCUT2D eigenvalue weighted by Gasteiger charge is -2.22. The molecular weight excluding hydrogens is 344 g/mol. The Morgan fingerprint density at radius 3 is 2.52 bits per heavy atom. The van der Waals surface area contributed by atoms with Crippen molar-refractivity contribution >= 4 is 40.9 Å². The standard InChI is InChI=1S/C17H18N2O5S/c1-2-18(9-8-15(21)22)14(20)11-19-16(23)13(25-17(19)24)10-12-6-4-3-5-7-12/h3-7,10H,2,8-9,11H2,1H3,(H,21,22)/b13-10+. The molecule has 1 aromatic carbocycles. The van der Waals surface area contributed by atoms with Gasteiger partial charge in [0.15, 0.2) is 0 Å². The third-order valence-corrected chi connectivity index (χ3v) is 4.50. The first-order valence-corrected chi connectivity index (χ1v) is 8.54. The number of carboxylic acid groups (broad SMARTS) is 1. The molecule has 1 saturated heterocycles. The molecule has 0 spiro atoms. The van der Waals surface area contributed by atoms with Gasteiger partial charge < -0.3 is 10.0 Å². The number of benzene rings is 1. The van der Waals surface area contributed by atoms with Gasteiger partial charge in [-0.1, -0.05) is 30.3 Å². The third-order valence-electron chi connectivity index (χ3n) is 3.59. The molecule has 8 heteroatoms. The van der Waals surface area contributed by atoms with Crippen molar-refractivity contribution < 1.29 is 24.3 Å². The fourth-order valence-electron chi connectivity index (χ4n) is 2.26. The quantitative estimate of drug-likeness (QED) is 0.746. The van der Waals surface area contributed by atoms with Crippen molar-refractivity contribution in [2.24, 2.45) is 0 Å². The van der Waals surface area contributed by atoms with Crippen LogP contribution in [0.15, 0.2) is 35.2 Å². The van der Waals surface area contributed by atoms with Gasteiger partial charge in [-0.05, 0) is 30.3 Å². The molecule has 0 aromatic heterocycles. The number of carboxylic acids is 1. The maximum Gasteiger partial charge on any atom is 0.305 e. The average Bonchev–Trinajstić information content (AvgIpc) is 2.83. The predicted molar refractivity (Wildman–Crippen MR) is 93.6 cm³/mol. The van der Waals surface area contributed by atoms with E-state index in [1.165, 1.54) is 4.90 Å². The SMILES string of the molecule is CCN(CCC(=O)O)C(=O)CN1C(=O)S/C(=C/c2ccccc2)C1=O. The number of likely N-dealkylation sites (N-methyl/N-ethyl adjacent to an activating group) is 1. The maximum absolute atomic E-state index is 12.4. The number of carbonyl (C=O) groups is 4. The number of amides is 3. The Kier molecular flexibility index (Phi) is 6.35. The van der Waals surface area contributed by atoms with Crippen molar-refractivity contribution in [1.82, 2.24) is 9.80 Å². The molecule has 0 radical (unpaired) electrons. The molecule has 7 nitrogen and oxygen atoms in total. The monoisotopic (exact) mass is 362 g/mol. The van der Waals surface area contributed by atoms with Crippen molar-refractivity contribution in [3.63, 3.8) is 0 Å². The summed E-state index contributed by atoms with van der Waals surface area (Å²) >= 11 is 0.790. The van der Waals surface area contributed by atoms with Gasteiger partial charge in [0.1, 0.15) is 6.54 Å². The van der Waals surface area contributed by atoms with Crippen LogP contribution in [0.3, 0.4) is 0 Å². The molecule has 2 rings (SSSR count). The van der Waals surface area contributed by atoms with E-state index in [1.54, 1.807) is 13.0 Å². The molecule has 1 aromatic rings. The second kappa shape index (κ2) is 8.48. The summed E-state index contributed by atoms with van der Waals surface area (Å²) in [5.74, 6) is -1.98. The predicted octanol–water partition coefficient (Wildman–Crippen LogP) is 2.05. The van der Waals surface area contributed by atoms with Gasteiger partial charge in [-0.2, -0.15) is 0 Å². The minimum Gasteiger partial charge on any atom is -0.481 e. The van der Waals surface area contributed by atoms with Crippen molar-refractivity contribution in [3.8, 4) is 0 Å². The minimum absolute atomic E-state index is 0.0424. The van der Waals surface area contributed by atoms with E-state index in [4.69, 9.17) is 5.11 Å². The normalized spacial score (nSPS) is 15.7. The second-order valence-corrected chi connectivity index (χ2v) is 6.29. The number of nitrogens with zero attached hydrogens (tertiary/aromatic N) is 2. The highest BCUT2D eigenvalue weighted by molar-refractivity contribution is 8.18. The Balaban J connectivity index is 2.06. The van der Waals surface area contributed by atoms with Crippen LogP contribution >= 0.6 is 11.8 Å². The Morgan fingerprint density at radius 1 is 1.24 bits per heavy atom. The van der Waals surface area contributed by atoms with Crippen LogP contribution < -0.4 is 0 Å². The summed E-state index contributed by atoms with van der Waals surface area (Å²) in [5, 5.41) is 8.21. The number of hydrogen-bond acceptors (Lipinski definition) is 5. The maximum atomic E-state index is 12.4. The van der Waals surface area contributed by atoms with E-state index in [9.17, 15) is 19.2 Å². The molecule has 0 unspecified atom stereocenters. The van der Waals surface area contributed by atoms with Gasteiger partial charge in [0.25, 0.3) is 11.1 Å². The van der Waals surface area contributed by atoms with Crippen LogP contribution in [0, 0.1) is 0 Å². The first-order chi connectivity index (χ1) is 11.9. The van der Waals surface area contributed by atoms with Crippen molar-refractivity contribution in [2.75, 3.05) is 19.6 Å². The van der Waals surface area contributed by atoms with E-state index in [0.717, 1.165) is 22.2 Å². The molecule has 1 heterocycles. The Morgan fingerprint density at radius 2 is 1.92 bits per heavy atom. The van der Waals surface area contributed by atoms with Crippen LogP contribution in [0.25, 0.3) is 6.08 Å². The number of thioether (sulfide) groups is 1. The van der Waals surface area contributed by atoms with E-state index in [1.807, 2.05) is 30.3 Å². The van der Waals surface area contributed by atoms with Crippen molar-refractivity contribution in [2.45, 2.75) is 13.3 Å². The van der Waals surface area contributed by atoms with Gasteiger partial charge >= 0.3 is 5.97 Å². The zero-order valence-electron chi connectivity index (χ0n) is 13.7. The molecule has 0 saturated carbocycles. The van der Waals surface area contributed by atoms with Gasteiger partial charge in [0.05, 0.1) is 11.3 Å². The van der Waals surface area contributed by atoms with Crippen LogP contribution in [0.4, 0.5) is 4.79 Å². The summed E-state index contributed by atoms with van der Waals surface area (Å²) in [6, 6.07) is 9.11. The largest absolute Gasteiger partial charge is 0.481 e. The van der Waals surface area contributed by atoms with E-state index in [-0.39, 0.29) is 24.4 Å². The lowest BCUT2D eigenvalue weighted by molar-refractivity contribution is -0.139. The van der Waals surface area contributed by atoms with E-state index in [0.29, 0.717) is 6.54 Å². The topological polar surface area (TPSA) is 95.0 Å². The molecule has 1 N–H and O–H groups in total. The van der Waals surface area contributed by atoms with Gasteiger partial charge in [-0.25, -0.2) is 0 Å². The van der Waals surface area contributed by atoms with Crippen LogP contribution in [-0.4, -0.2) is 57.6 Å². The fourth-order valence-corrected chi connectivity index (χ4v) is 3.10. The highest BCUT2D eigenvalue weighted by Crippen LogP contribution is 2.32. The second-order valence-electron chi connectivity index (χ2n) is 5.30. The molecule has 132 valence electrons. The first-order valence-electron chi connectivity index (χ1n) is 7.72. The van der Waals surface area contributed by atoms with Crippen molar-refractivity contribution in [3.05, 3.63) is 40.8 Å². The highest BCUT2D eigenvalue weighted by atomic mass is 32.2. The average molecular weight is 362 g/mol. The molecule has 0 atom stereocenters. The minimum atomic E-state index is -1.01. The van der Waals surface area contributed by atoms with Crippen LogP contribution in [-0.2, 0) is 14.4 Å². The first kappa shape index (κ1) is 18.7. The Hall–Kier alpha value is -2.61. The van der Waals surface area contributed by atoms with E-state index < -0.39 is 23.0 Å². The summed E-state index contributed by atoms with van der Waals surface area (Å²) in [5.41, 5.74) is 0.788. The number of imide groups is 1. The number of hydrogen-bond donors (Lipinski definition) is 1. The van der Waals surface area contributed by atoms with Crippen LogP contribution in [0.5, 0.6) is 0 Å². The summed E-state index contributed by atoms with van der Waals surface area (Å²) in [4.78, 5) is 49.8. The molecule has 0 bridgehead atoms. The highest BCUT2D eigenvalue weighted by Gasteiger charge is 2.36. The summed E-state index contributed by atoms with van der Waals surface area (Å²) in [7, 11) is 0. The molecular formula is C17H18N2O5S. The lowest BCUT2D eigenvalue weighted by atomic mass is 10.2. The van der Waals surface area contributed by atoms with Crippen molar-refractivity contribution in [1.29, 1.82) is 0 Å². The van der Waals surface area contributed by atoms with Crippen LogP contribution in [0.2, 0.25) is 0 Å². The van der Waals surface area contributed by atoms with E-state index in [2.05, 4.69) is 0 Å². The molecule has 1 aliphatic rings. The van der Waals surface area contributed by atoms with E-state index >= 15 is 0 Å². The number of rotatable bonds is 7. The van der Waals surface area contributed by atoms with Crippen LogP contribution in [0.1, 0.15) is 18.9 Å². The Bertz CT molecular complexity index is 717. The van der Waals surface area contributed by atoms with Gasteiger partial charge in [-0.15, -0.1) is 0 Å². The molecule has 25 heavy (non-hydrogen) atoms. The van der Waals surface area contributed by atoms with Gasteiger partial charge in [0, 0.05) is 13.1 Å². The van der Waals surface area contributed by atoms with Gasteiger partial charge in [0.2, 0.25) is 5.91 Å². The zero-order valence-corrected chi connectivity index (χ0v) is 14.5. The molecule has 1 fully saturated rings. The van der Waals surface area contributed by atoms with Gasteiger partial charge in [-0.3, -0.25) is 24.1 Å². The summed E-state index contributed by atoms with van der Waals surface area (Å²) < 4.78 is 0. The molecule has 0 aliphatic carbocycles. The fraction of sp³-hybridized carbons (Fsp3) is 0.294.